The molecular formula is C25H26ClN7O3S. The highest BCUT2D eigenvalue weighted by atomic mass is 35.5. The van der Waals surface area contributed by atoms with Crippen molar-refractivity contribution >= 4 is 57.1 Å². The number of fused-ring (bicyclic) bond motifs is 4. The summed E-state index contributed by atoms with van der Waals surface area (Å²) in [6.07, 6.45) is 5.19. The third kappa shape index (κ3) is 5.01. The van der Waals surface area contributed by atoms with Gasteiger partial charge in [0, 0.05) is 43.7 Å². The lowest BCUT2D eigenvalue weighted by molar-refractivity contribution is -0.113. The van der Waals surface area contributed by atoms with Crippen LogP contribution in [0.3, 0.4) is 0 Å². The zero-order chi connectivity index (χ0) is 25.5. The summed E-state index contributed by atoms with van der Waals surface area (Å²) in [5.41, 5.74) is 3.91. The number of nitrogens with zero attached hydrogens (tertiary/aromatic N) is 4. The van der Waals surface area contributed by atoms with Crippen LogP contribution >= 0.6 is 23.4 Å². The van der Waals surface area contributed by atoms with Crippen molar-refractivity contribution in [2.75, 3.05) is 11.1 Å². The van der Waals surface area contributed by atoms with E-state index in [1.807, 2.05) is 19.1 Å². The van der Waals surface area contributed by atoms with Crippen molar-refractivity contribution in [2.24, 2.45) is 0 Å². The maximum atomic E-state index is 11.6. The molecule has 192 valence electrons. The van der Waals surface area contributed by atoms with Gasteiger partial charge in [-0.05, 0) is 37.0 Å². The number of aryl methyl sites for hydroxylation is 1. The summed E-state index contributed by atoms with van der Waals surface area (Å²) in [6, 6.07) is 3.87. The Kier molecular flexibility index (Phi) is 6.72. The summed E-state index contributed by atoms with van der Waals surface area (Å²) in [5.74, 6) is 1.41. The zero-order valence-corrected chi connectivity index (χ0v) is 21.7. The average Bonchev–Trinajstić information content (AvgIpc) is 3.27. The van der Waals surface area contributed by atoms with Crippen LogP contribution in [0.1, 0.15) is 36.4 Å². The molecule has 0 radical (unpaired) electrons. The van der Waals surface area contributed by atoms with Crippen LogP contribution in [0.15, 0.2) is 34.0 Å². The van der Waals surface area contributed by atoms with E-state index in [1.165, 1.54) is 11.8 Å². The van der Waals surface area contributed by atoms with Gasteiger partial charge in [0.1, 0.15) is 10.5 Å². The molecule has 0 bridgehead atoms. The summed E-state index contributed by atoms with van der Waals surface area (Å²) in [7, 11) is 0. The van der Waals surface area contributed by atoms with E-state index in [2.05, 4.69) is 35.9 Å². The van der Waals surface area contributed by atoms with Gasteiger partial charge in [-0.3, -0.25) is 9.78 Å². The number of aliphatic hydroxyl groups excluding tert-OH is 1. The highest BCUT2D eigenvalue weighted by Crippen LogP contribution is 2.32. The number of aromatic nitrogens is 4. The van der Waals surface area contributed by atoms with Gasteiger partial charge in [-0.25, -0.2) is 15.0 Å². The average molecular weight is 540 g/mol. The molecule has 1 aliphatic heterocycles. The fourth-order valence-corrected chi connectivity index (χ4v) is 5.95. The van der Waals surface area contributed by atoms with Crippen LogP contribution in [0.5, 0.6) is 0 Å². The first kappa shape index (κ1) is 24.5. The number of halogens is 1. The Morgan fingerprint density at radius 1 is 1.19 bits per heavy atom. The number of thioether (sulfide) groups is 1. The molecule has 4 aromatic rings. The Morgan fingerprint density at radius 2 is 2.08 bits per heavy atom. The van der Waals surface area contributed by atoms with Crippen molar-refractivity contribution in [2.45, 2.75) is 62.5 Å². The molecular weight excluding hydrogens is 514 g/mol. The molecule has 10 nitrogen and oxygen atoms in total. The smallest absolute Gasteiger partial charge is 0.236 e. The Hall–Kier alpha value is -2.83. The lowest BCUT2D eigenvalue weighted by Gasteiger charge is -2.34. The molecule has 37 heavy (non-hydrogen) atoms. The topological polar surface area (TPSA) is 138 Å². The van der Waals surface area contributed by atoms with E-state index >= 15 is 0 Å². The zero-order valence-electron chi connectivity index (χ0n) is 20.1. The van der Waals surface area contributed by atoms with Crippen molar-refractivity contribution in [3.8, 4) is 0 Å². The number of carbonyl (C=O) groups excluding carboxylic acids is 1. The second-order valence-electron chi connectivity index (χ2n) is 9.42. The molecule has 1 amide bonds. The van der Waals surface area contributed by atoms with Gasteiger partial charge in [0.2, 0.25) is 5.91 Å². The summed E-state index contributed by atoms with van der Waals surface area (Å²) in [5, 5.41) is 22.8. The molecule has 1 saturated carbocycles. The van der Waals surface area contributed by atoms with E-state index in [0.717, 1.165) is 45.5 Å². The minimum absolute atomic E-state index is 0.0625. The van der Waals surface area contributed by atoms with E-state index in [-0.39, 0.29) is 18.0 Å². The lowest BCUT2D eigenvalue weighted by Crippen LogP contribution is -2.48. The summed E-state index contributed by atoms with van der Waals surface area (Å²) < 4.78 is 5.70. The number of oxazole rings is 1. The van der Waals surface area contributed by atoms with Crippen LogP contribution < -0.4 is 16.0 Å². The number of benzene rings is 1. The van der Waals surface area contributed by atoms with Crippen molar-refractivity contribution in [3.63, 3.8) is 0 Å². The SMILES string of the molecule is Cc1nc2c(ccc3ncc(Cl)c(CN[C@H]4CC[C@H](NCc5cnc6c(n5)NC(=O)CS6)C[C@H]4O)c32)o1. The number of hydrogen-bond donors (Lipinski definition) is 4. The predicted molar refractivity (Wildman–Crippen MR) is 142 cm³/mol. The van der Waals surface area contributed by atoms with E-state index in [9.17, 15) is 9.90 Å². The Bertz CT molecular complexity index is 1500. The Balaban J connectivity index is 1.09. The van der Waals surface area contributed by atoms with Gasteiger partial charge in [0.25, 0.3) is 0 Å². The summed E-state index contributed by atoms with van der Waals surface area (Å²) in [6.45, 7) is 2.82. The van der Waals surface area contributed by atoms with E-state index < -0.39 is 6.10 Å². The molecule has 2 aliphatic rings. The number of anilines is 1. The fourth-order valence-electron chi connectivity index (χ4n) is 5.04. The normalized spacial score (nSPS) is 21.8. The van der Waals surface area contributed by atoms with E-state index in [4.69, 9.17) is 16.0 Å². The number of nitrogens with one attached hydrogen (secondary N) is 3. The van der Waals surface area contributed by atoms with Gasteiger partial charge < -0.3 is 25.5 Å². The van der Waals surface area contributed by atoms with Crippen LogP contribution in [-0.2, 0) is 17.9 Å². The number of aliphatic hydroxyl groups is 1. The molecule has 1 aliphatic carbocycles. The molecule has 0 saturated heterocycles. The largest absolute Gasteiger partial charge is 0.441 e. The van der Waals surface area contributed by atoms with Crippen molar-refractivity contribution in [1.82, 2.24) is 30.6 Å². The maximum Gasteiger partial charge on any atom is 0.236 e. The van der Waals surface area contributed by atoms with Gasteiger partial charge in [0.15, 0.2) is 17.3 Å². The molecule has 0 spiro atoms. The third-order valence-electron chi connectivity index (χ3n) is 6.87. The molecule has 12 heteroatoms. The Morgan fingerprint density at radius 3 is 2.95 bits per heavy atom. The van der Waals surface area contributed by atoms with Crippen molar-refractivity contribution in [3.05, 3.63) is 46.7 Å². The van der Waals surface area contributed by atoms with Crippen molar-refractivity contribution in [1.29, 1.82) is 0 Å². The highest BCUT2D eigenvalue weighted by molar-refractivity contribution is 8.00. The summed E-state index contributed by atoms with van der Waals surface area (Å²) >= 11 is 7.96. The Labute approximate surface area is 222 Å². The predicted octanol–water partition coefficient (Wildman–Crippen LogP) is 3.33. The second kappa shape index (κ2) is 10.1. The lowest BCUT2D eigenvalue weighted by atomic mass is 9.88. The van der Waals surface area contributed by atoms with Gasteiger partial charge in [0.05, 0.1) is 34.3 Å². The second-order valence-corrected chi connectivity index (χ2v) is 10.8. The molecule has 3 aromatic heterocycles. The summed E-state index contributed by atoms with van der Waals surface area (Å²) in [4.78, 5) is 29.6. The van der Waals surface area contributed by atoms with Gasteiger partial charge in [-0.1, -0.05) is 23.4 Å². The minimum atomic E-state index is -0.516. The first-order valence-corrected chi connectivity index (χ1v) is 13.6. The first-order valence-electron chi connectivity index (χ1n) is 12.2. The highest BCUT2D eigenvalue weighted by Gasteiger charge is 2.29. The van der Waals surface area contributed by atoms with Crippen LogP contribution in [0.2, 0.25) is 5.02 Å². The number of amides is 1. The fraction of sp³-hybridized carbons (Fsp3) is 0.400. The molecule has 1 fully saturated rings. The number of hydrogen-bond acceptors (Lipinski definition) is 10. The van der Waals surface area contributed by atoms with E-state index in [1.54, 1.807) is 12.4 Å². The number of carbonyl (C=O) groups is 1. The molecule has 3 atom stereocenters. The van der Waals surface area contributed by atoms with Crippen LogP contribution in [-0.4, -0.2) is 54.9 Å². The number of pyridine rings is 1. The standard InChI is InChI=1S/C25H26ClN7O3S/c1-12-31-23-20(36-12)5-4-18-22(23)15(16(26)10-29-18)9-28-17-3-2-13(6-19(17)34)27-7-14-8-30-25-24(32-14)33-21(35)11-37-25/h4-5,8,10,13,17,19,27-28,34H,2-3,6-7,9,11H2,1H3,(H,32,33,35)/t13-,17-,19+/m0/s1. The number of rotatable bonds is 6. The van der Waals surface area contributed by atoms with Gasteiger partial charge in [-0.2, -0.15) is 0 Å². The first-order chi connectivity index (χ1) is 17.9. The molecule has 0 unspecified atom stereocenters. The molecule has 1 aromatic carbocycles. The molecule has 4 N–H and O–H groups in total. The maximum absolute atomic E-state index is 11.6. The van der Waals surface area contributed by atoms with Crippen LogP contribution in [0, 0.1) is 6.92 Å². The monoisotopic (exact) mass is 539 g/mol. The van der Waals surface area contributed by atoms with E-state index in [0.29, 0.717) is 47.6 Å². The molecule has 6 rings (SSSR count). The molecule has 4 heterocycles. The quantitative estimate of drug-likeness (QED) is 0.288. The third-order valence-corrected chi connectivity index (χ3v) is 8.17. The van der Waals surface area contributed by atoms with Crippen LogP contribution in [0.25, 0.3) is 22.0 Å². The van der Waals surface area contributed by atoms with Crippen LogP contribution in [0.4, 0.5) is 5.82 Å². The van der Waals surface area contributed by atoms with Gasteiger partial charge in [-0.15, -0.1) is 0 Å². The van der Waals surface area contributed by atoms with Gasteiger partial charge >= 0.3 is 0 Å². The minimum Gasteiger partial charge on any atom is -0.441 e. The van der Waals surface area contributed by atoms with Crippen molar-refractivity contribution < 1.29 is 14.3 Å².